The molecule has 1 N–H and O–H groups in total. The van der Waals surface area contributed by atoms with E-state index >= 15 is 0 Å². The predicted molar refractivity (Wildman–Crippen MR) is 142 cm³/mol. The van der Waals surface area contributed by atoms with Gasteiger partial charge in [0, 0.05) is 42.1 Å². The van der Waals surface area contributed by atoms with Crippen LogP contribution in [0.3, 0.4) is 0 Å². The number of methoxy groups -OCH3 is 1. The molecule has 10 nitrogen and oxygen atoms in total. The smallest absolute Gasteiger partial charge is 0.236 e. The second kappa shape index (κ2) is 10.1. The average Bonchev–Trinajstić information content (AvgIpc) is 3.26. The summed E-state index contributed by atoms with van der Waals surface area (Å²) in [6, 6.07) is 9.90. The number of carbonyl (C=O) groups excluding carboxylic acids is 1. The highest BCUT2D eigenvalue weighted by Crippen LogP contribution is 2.32. The minimum atomic E-state index is -0.0625. The molecule has 4 aromatic rings. The number of amides is 1. The Morgan fingerprint density at radius 3 is 2.65 bits per heavy atom. The highest BCUT2D eigenvalue weighted by Gasteiger charge is 2.32. The largest absolute Gasteiger partial charge is 0.494 e. The van der Waals surface area contributed by atoms with E-state index in [1.807, 2.05) is 80.6 Å². The third-order valence-corrected chi connectivity index (χ3v) is 6.17. The highest BCUT2D eigenvalue weighted by atomic mass is 16.5. The minimum absolute atomic E-state index is 0.0625. The number of benzene rings is 2. The van der Waals surface area contributed by atoms with Crippen LogP contribution in [-0.2, 0) is 11.8 Å². The molecular weight excluding hydrogens is 470 g/mol. The number of nitrogens with zero attached hydrogens (tertiary/aromatic N) is 6. The van der Waals surface area contributed by atoms with Crippen molar-refractivity contribution in [1.82, 2.24) is 29.5 Å². The summed E-state index contributed by atoms with van der Waals surface area (Å²) in [5.74, 6) is 1.96. The van der Waals surface area contributed by atoms with Crippen LogP contribution >= 0.6 is 0 Å². The Morgan fingerprint density at radius 2 is 1.95 bits per heavy atom. The van der Waals surface area contributed by atoms with Gasteiger partial charge in [0.2, 0.25) is 11.9 Å². The third-order valence-electron chi connectivity index (χ3n) is 6.17. The molecule has 2 aromatic heterocycles. The van der Waals surface area contributed by atoms with E-state index in [0.29, 0.717) is 37.1 Å². The maximum Gasteiger partial charge on any atom is 0.236 e. The van der Waals surface area contributed by atoms with Crippen molar-refractivity contribution in [3.63, 3.8) is 0 Å². The van der Waals surface area contributed by atoms with Crippen molar-refractivity contribution in [2.24, 2.45) is 7.05 Å². The highest BCUT2D eigenvalue weighted by molar-refractivity contribution is 5.86. The molecule has 1 saturated heterocycles. The maximum absolute atomic E-state index is 12.3. The second-order valence-corrected chi connectivity index (χ2v) is 9.65. The van der Waals surface area contributed by atoms with Gasteiger partial charge >= 0.3 is 0 Å². The number of nitrogens with one attached hydrogen (secondary N) is 1. The summed E-state index contributed by atoms with van der Waals surface area (Å²) in [5, 5.41) is 8.54. The third kappa shape index (κ3) is 5.49. The van der Waals surface area contributed by atoms with Crippen LogP contribution in [0.2, 0.25) is 0 Å². The van der Waals surface area contributed by atoms with E-state index < -0.39 is 0 Å². The van der Waals surface area contributed by atoms with Crippen molar-refractivity contribution in [1.29, 1.82) is 0 Å². The van der Waals surface area contributed by atoms with Gasteiger partial charge in [0.15, 0.2) is 0 Å². The van der Waals surface area contributed by atoms with Gasteiger partial charge in [-0.05, 0) is 56.4 Å². The quantitative estimate of drug-likeness (QED) is 0.393. The van der Waals surface area contributed by atoms with Gasteiger partial charge in [-0.2, -0.15) is 5.10 Å². The van der Waals surface area contributed by atoms with Crippen molar-refractivity contribution < 1.29 is 14.3 Å². The van der Waals surface area contributed by atoms with Crippen LogP contribution in [0, 0.1) is 6.92 Å². The van der Waals surface area contributed by atoms with Crippen LogP contribution in [0.15, 0.2) is 48.9 Å². The second-order valence-electron chi connectivity index (χ2n) is 9.65. The molecule has 1 fully saturated rings. The zero-order chi connectivity index (χ0) is 26.1. The van der Waals surface area contributed by atoms with E-state index in [1.165, 1.54) is 0 Å². The summed E-state index contributed by atoms with van der Waals surface area (Å²) in [4.78, 5) is 25.2. The zero-order valence-electron chi connectivity index (χ0n) is 21.7. The molecule has 3 heterocycles. The maximum atomic E-state index is 12.3. The number of hydrogen-bond donors (Lipinski definition) is 1. The Morgan fingerprint density at radius 1 is 1.14 bits per heavy atom. The van der Waals surface area contributed by atoms with E-state index in [0.717, 1.165) is 33.3 Å². The molecule has 0 radical (unpaired) electrons. The first-order chi connectivity index (χ1) is 17.8. The van der Waals surface area contributed by atoms with Crippen molar-refractivity contribution in [3.8, 4) is 22.6 Å². The number of anilines is 2. The Kier molecular flexibility index (Phi) is 6.66. The Bertz CT molecular complexity index is 1440. The average molecular weight is 502 g/mol. The van der Waals surface area contributed by atoms with E-state index in [-0.39, 0.29) is 12.0 Å². The summed E-state index contributed by atoms with van der Waals surface area (Å²) < 4.78 is 13.6. The number of likely N-dealkylation sites (tertiary alicyclic amines) is 1. The molecule has 0 spiro atoms. The summed E-state index contributed by atoms with van der Waals surface area (Å²) in [6.07, 6.45) is 5.49. The van der Waals surface area contributed by atoms with E-state index in [2.05, 4.69) is 15.4 Å². The molecule has 1 aliphatic heterocycles. The molecule has 5 rings (SSSR count). The van der Waals surface area contributed by atoms with Crippen LogP contribution in [0.4, 0.5) is 11.6 Å². The Balaban J connectivity index is 1.40. The van der Waals surface area contributed by atoms with E-state index in [1.54, 1.807) is 18.0 Å². The van der Waals surface area contributed by atoms with Gasteiger partial charge in [-0.3, -0.25) is 9.48 Å². The van der Waals surface area contributed by atoms with Gasteiger partial charge in [0.1, 0.15) is 23.1 Å². The zero-order valence-corrected chi connectivity index (χ0v) is 21.7. The first-order valence-electron chi connectivity index (χ1n) is 12.1. The van der Waals surface area contributed by atoms with Crippen LogP contribution < -0.4 is 14.8 Å². The van der Waals surface area contributed by atoms with Gasteiger partial charge in [0.05, 0.1) is 32.9 Å². The van der Waals surface area contributed by atoms with Crippen LogP contribution in [-0.4, -0.2) is 82.4 Å². The van der Waals surface area contributed by atoms with Gasteiger partial charge in [0.25, 0.3) is 0 Å². The van der Waals surface area contributed by atoms with Crippen molar-refractivity contribution in [2.45, 2.75) is 13.0 Å². The molecule has 1 amide bonds. The lowest BCUT2D eigenvalue weighted by Crippen LogP contribution is -2.57. The minimum Gasteiger partial charge on any atom is -0.494 e. The molecule has 0 aliphatic carbocycles. The van der Waals surface area contributed by atoms with Crippen molar-refractivity contribution in [3.05, 3.63) is 54.5 Å². The van der Waals surface area contributed by atoms with Crippen LogP contribution in [0.5, 0.6) is 11.5 Å². The fraction of sp³-hybridized carbons (Fsp3) is 0.333. The normalized spacial score (nSPS) is 13.6. The summed E-state index contributed by atoms with van der Waals surface area (Å²) in [6.45, 7) is 3.55. The number of rotatable bonds is 8. The number of fused-ring (bicyclic) bond motifs is 1. The van der Waals surface area contributed by atoms with Crippen LogP contribution in [0.1, 0.15) is 5.56 Å². The Hall–Kier alpha value is -4.18. The number of carbonyl (C=O) groups is 1. The molecule has 1 aliphatic rings. The SMILES string of the molecule is COc1cc(C)cc2cnc(Nc3cc(OC4CN(C(=O)CN(C)C)C4)cc(-c4cnn(C)c4)c3)nc12. The fourth-order valence-corrected chi connectivity index (χ4v) is 4.36. The molecule has 0 atom stereocenters. The van der Waals surface area contributed by atoms with Gasteiger partial charge in [-0.25, -0.2) is 9.97 Å². The topological polar surface area (TPSA) is 97.6 Å². The summed E-state index contributed by atoms with van der Waals surface area (Å²) >= 11 is 0. The monoisotopic (exact) mass is 501 g/mol. The molecule has 10 heteroatoms. The van der Waals surface area contributed by atoms with Gasteiger partial charge < -0.3 is 24.6 Å². The van der Waals surface area contributed by atoms with Gasteiger partial charge in [-0.1, -0.05) is 0 Å². The van der Waals surface area contributed by atoms with Crippen molar-refractivity contribution >= 4 is 28.4 Å². The molecule has 192 valence electrons. The molecular formula is C27H31N7O3. The number of ether oxygens (including phenoxy) is 2. The first kappa shape index (κ1) is 24.5. The predicted octanol–water partition coefficient (Wildman–Crippen LogP) is 3.24. The van der Waals surface area contributed by atoms with Crippen molar-refractivity contribution in [2.75, 3.05) is 46.2 Å². The molecule has 37 heavy (non-hydrogen) atoms. The number of hydrogen-bond acceptors (Lipinski definition) is 8. The molecule has 0 unspecified atom stereocenters. The van der Waals surface area contributed by atoms with Crippen LogP contribution in [0.25, 0.3) is 22.0 Å². The Labute approximate surface area is 215 Å². The molecule has 0 bridgehead atoms. The molecule has 0 saturated carbocycles. The number of aromatic nitrogens is 4. The fourth-order valence-electron chi connectivity index (χ4n) is 4.36. The summed E-state index contributed by atoms with van der Waals surface area (Å²) in [5.41, 5.74) is 4.51. The molecule has 2 aromatic carbocycles. The number of likely N-dealkylation sites (N-methyl/N-ethyl adjacent to an activating group) is 1. The van der Waals surface area contributed by atoms with Gasteiger partial charge in [-0.15, -0.1) is 0 Å². The lowest BCUT2D eigenvalue weighted by Gasteiger charge is -2.39. The van der Waals surface area contributed by atoms with E-state index in [4.69, 9.17) is 14.5 Å². The van der Waals surface area contributed by atoms with E-state index in [9.17, 15) is 4.79 Å². The summed E-state index contributed by atoms with van der Waals surface area (Å²) in [7, 11) is 7.30. The number of aryl methyl sites for hydroxylation is 2. The lowest BCUT2D eigenvalue weighted by atomic mass is 10.1. The standard InChI is InChI=1S/C27H31N7O3/c1-17-6-19-11-28-27(31-26(19)24(7-17)36-5)30-21-8-18(20-12-29-33(4)13-20)9-22(10-21)37-23-14-34(15-23)25(35)16-32(2)3/h6-13,23H,14-16H2,1-5H3,(H,28,30,31). The first-order valence-corrected chi connectivity index (χ1v) is 12.1. The lowest BCUT2D eigenvalue weighted by molar-refractivity contribution is -0.140.